The molecule has 0 heterocycles. The van der Waals surface area contributed by atoms with Crippen LogP contribution in [0.25, 0.3) is 0 Å². The van der Waals surface area contributed by atoms with Crippen molar-refractivity contribution in [3.8, 4) is 5.75 Å². The summed E-state index contributed by atoms with van der Waals surface area (Å²) >= 11 is 5.04. The Labute approximate surface area is 138 Å². The Morgan fingerprint density at radius 1 is 1.04 bits per heavy atom. The number of amides is 2. The topological polar surface area (TPSA) is 93.5 Å². The summed E-state index contributed by atoms with van der Waals surface area (Å²) in [4.78, 5) is 23.1. The van der Waals surface area contributed by atoms with Crippen LogP contribution in [0, 0.1) is 0 Å². The number of carbonyl (C=O) groups is 2. The fourth-order valence-electron chi connectivity index (χ4n) is 1.79. The van der Waals surface area contributed by atoms with Crippen molar-refractivity contribution in [3.05, 3.63) is 60.2 Å². The second kappa shape index (κ2) is 7.90. The largest absolute Gasteiger partial charge is 0.484 e. The van der Waals surface area contributed by atoms with Crippen molar-refractivity contribution in [3.63, 3.8) is 0 Å². The molecule has 0 aliphatic carbocycles. The molecule has 2 amide bonds. The van der Waals surface area contributed by atoms with Crippen LogP contribution in [0.5, 0.6) is 5.75 Å². The van der Waals surface area contributed by atoms with Crippen LogP contribution in [0.2, 0.25) is 0 Å². The fraction of sp³-hybridized carbons (Fsp3) is 0.0625. The van der Waals surface area contributed by atoms with Crippen molar-refractivity contribution in [2.45, 2.75) is 0 Å². The Kier molecular flexibility index (Phi) is 5.65. The SMILES string of the molecule is NC(=O)c1ccccc1NC(=S)NC(=O)COc1ccccc1. The van der Waals surface area contributed by atoms with Crippen LogP contribution in [-0.2, 0) is 4.79 Å². The molecule has 0 aromatic heterocycles. The number of benzene rings is 2. The quantitative estimate of drug-likeness (QED) is 0.726. The van der Waals surface area contributed by atoms with E-state index in [-0.39, 0.29) is 17.3 Å². The zero-order chi connectivity index (χ0) is 16.7. The van der Waals surface area contributed by atoms with Gasteiger partial charge in [-0.25, -0.2) is 0 Å². The maximum absolute atomic E-state index is 11.8. The molecule has 0 fully saturated rings. The highest BCUT2D eigenvalue weighted by Crippen LogP contribution is 2.14. The average molecular weight is 329 g/mol. The van der Waals surface area contributed by atoms with E-state index in [4.69, 9.17) is 22.7 Å². The summed E-state index contributed by atoms with van der Waals surface area (Å²) in [7, 11) is 0. The highest BCUT2D eigenvalue weighted by atomic mass is 32.1. The van der Waals surface area contributed by atoms with Gasteiger partial charge >= 0.3 is 0 Å². The lowest BCUT2D eigenvalue weighted by Crippen LogP contribution is -2.37. The fourth-order valence-corrected chi connectivity index (χ4v) is 2.01. The summed E-state index contributed by atoms with van der Waals surface area (Å²) < 4.78 is 5.31. The van der Waals surface area contributed by atoms with E-state index >= 15 is 0 Å². The molecule has 2 rings (SSSR count). The van der Waals surface area contributed by atoms with Gasteiger partial charge in [-0.2, -0.15) is 0 Å². The number of nitrogens with two attached hydrogens (primary N) is 1. The molecule has 0 aliphatic rings. The third-order valence-electron chi connectivity index (χ3n) is 2.81. The zero-order valence-corrected chi connectivity index (χ0v) is 12.9. The lowest BCUT2D eigenvalue weighted by atomic mass is 10.1. The summed E-state index contributed by atoms with van der Waals surface area (Å²) in [6, 6.07) is 15.5. The van der Waals surface area contributed by atoms with Crippen LogP contribution >= 0.6 is 12.2 Å². The number of rotatable bonds is 5. The van der Waals surface area contributed by atoms with Crippen LogP contribution in [0.3, 0.4) is 0 Å². The van der Waals surface area contributed by atoms with Crippen LogP contribution in [0.15, 0.2) is 54.6 Å². The number of primary amides is 1. The van der Waals surface area contributed by atoms with Gasteiger partial charge in [0.2, 0.25) is 0 Å². The number of hydrogen-bond acceptors (Lipinski definition) is 4. The highest BCUT2D eigenvalue weighted by Gasteiger charge is 2.10. The maximum Gasteiger partial charge on any atom is 0.264 e. The second-order valence-electron chi connectivity index (χ2n) is 4.51. The van der Waals surface area contributed by atoms with Gasteiger partial charge in [-0.1, -0.05) is 30.3 Å². The minimum atomic E-state index is -0.588. The van der Waals surface area contributed by atoms with Crippen molar-refractivity contribution in [2.75, 3.05) is 11.9 Å². The molecule has 0 unspecified atom stereocenters. The van der Waals surface area contributed by atoms with Gasteiger partial charge in [-0.05, 0) is 36.5 Å². The Morgan fingerprint density at radius 3 is 2.39 bits per heavy atom. The molecule has 0 saturated carbocycles. The number of ether oxygens (including phenoxy) is 1. The molecule has 4 N–H and O–H groups in total. The van der Waals surface area contributed by atoms with Gasteiger partial charge in [0.05, 0.1) is 11.3 Å². The molecule has 0 bridgehead atoms. The summed E-state index contributed by atoms with van der Waals surface area (Å²) in [5.74, 6) is -0.418. The van der Waals surface area contributed by atoms with E-state index in [1.807, 2.05) is 6.07 Å². The van der Waals surface area contributed by atoms with Gasteiger partial charge in [0.15, 0.2) is 11.7 Å². The first-order valence-corrected chi connectivity index (χ1v) is 7.14. The lowest BCUT2D eigenvalue weighted by Gasteiger charge is -2.12. The minimum Gasteiger partial charge on any atom is -0.484 e. The first-order valence-electron chi connectivity index (χ1n) is 6.74. The number of anilines is 1. The molecular formula is C16H15N3O3S. The van der Waals surface area contributed by atoms with Crippen molar-refractivity contribution in [1.29, 1.82) is 0 Å². The molecule has 0 aliphatic heterocycles. The van der Waals surface area contributed by atoms with Crippen LogP contribution in [-0.4, -0.2) is 23.5 Å². The monoisotopic (exact) mass is 329 g/mol. The van der Waals surface area contributed by atoms with Gasteiger partial charge in [-0.3, -0.25) is 14.9 Å². The molecule has 118 valence electrons. The number of carbonyl (C=O) groups excluding carboxylic acids is 2. The van der Waals surface area contributed by atoms with Crippen LogP contribution in [0.4, 0.5) is 5.69 Å². The van der Waals surface area contributed by atoms with E-state index in [2.05, 4.69) is 10.6 Å². The predicted octanol–water partition coefficient (Wildman–Crippen LogP) is 1.68. The van der Waals surface area contributed by atoms with Crippen molar-refractivity contribution >= 4 is 34.8 Å². The van der Waals surface area contributed by atoms with Gasteiger partial charge in [0.1, 0.15) is 5.75 Å². The molecule has 0 radical (unpaired) electrons. The molecule has 0 saturated heterocycles. The standard InChI is InChI=1S/C16H15N3O3S/c17-15(21)12-8-4-5-9-13(12)18-16(23)19-14(20)10-22-11-6-2-1-3-7-11/h1-9H,10H2,(H2,17,21)(H2,18,19,20,23). The summed E-state index contributed by atoms with van der Waals surface area (Å²) in [5.41, 5.74) is 5.98. The van der Waals surface area contributed by atoms with Gasteiger partial charge in [0, 0.05) is 0 Å². The number of thiocarbonyl (C=S) groups is 1. The second-order valence-corrected chi connectivity index (χ2v) is 4.92. The van der Waals surface area contributed by atoms with Gasteiger partial charge in [0.25, 0.3) is 11.8 Å². The predicted molar refractivity (Wildman–Crippen MR) is 91.3 cm³/mol. The van der Waals surface area contributed by atoms with E-state index in [1.165, 1.54) is 0 Å². The third kappa shape index (κ3) is 5.08. The highest BCUT2D eigenvalue weighted by molar-refractivity contribution is 7.80. The molecular weight excluding hydrogens is 314 g/mol. The van der Waals surface area contributed by atoms with Crippen molar-refractivity contribution in [2.24, 2.45) is 5.73 Å². The number of nitrogens with one attached hydrogen (secondary N) is 2. The van der Waals surface area contributed by atoms with Crippen LogP contribution in [0.1, 0.15) is 10.4 Å². The zero-order valence-electron chi connectivity index (χ0n) is 12.1. The minimum absolute atomic E-state index is 0.0559. The molecule has 2 aromatic rings. The Bertz CT molecular complexity index is 720. The number of hydrogen-bond donors (Lipinski definition) is 3. The van der Waals surface area contributed by atoms with Crippen molar-refractivity contribution < 1.29 is 14.3 Å². The Morgan fingerprint density at radius 2 is 1.70 bits per heavy atom. The Balaban J connectivity index is 1.87. The molecule has 6 nitrogen and oxygen atoms in total. The van der Waals surface area contributed by atoms with E-state index in [0.29, 0.717) is 11.4 Å². The summed E-state index contributed by atoms with van der Waals surface area (Å²) in [6.07, 6.45) is 0. The smallest absolute Gasteiger partial charge is 0.264 e. The first kappa shape index (κ1) is 16.4. The third-order valence-corrected chi connectivity index (χ3v) is 3.01. The first-order chi connectivity index (χ1) is 11.1. The summed E-state index contributed by atoms with van der Waals surface area (Å²) in [6.45, 7) is -0.177. The normalized spacial score (nSPS) is 9.74. The number of para-hydroxylation sites is 2. The molecule has 2 aromatic carbocycles. The molecule has 0 atom stereocenters. The van der Waals surface area contributed by atoms with Crippen LogP contribution < -0.4 is 21.1 Å². The molecule has 7 heteroatoms. The van der Waals surface area contributed by atoms with Gasteiger partial charge < -0.3 is 15.8 Å². The van der Waals surface area contributed by atoms with Crippen molar-refractivity contribution in [1.82, 2.24) is 5.32 Å². The van der Waals surface area contributed by atoms with Gasteiger partial charge in [-0.15, -0.1) is 0 Å². The summed E-state index contributed by atoms with van der Waals surface area (Å²) in [5, 5.41) is 5.29. The van der Waals surface area contributed by atoms with E-state index in [9.17, 15) is 9.59 Å². The molecule has 0 spiro atoms. The Hall–Kier alpha value is -2.93. The lowest BCUT2D eigenvalue weighted by molar-refractivity contribution is -0.121. The molecule has 23 heavy (non-hydrogen) atoms. The average Bonchev–Trinajstić information content (AvgIpc) is 2.54. The van der Waals surface area contributed by atoms with E-state index < -0.39 is 11.8 Å². The van der Waals surface area contributed by atoms with E-state index in [0.717, 1.165) is 0 Å². The maximum atomic E-state index is 11.8. The van der Waals surface area contributed by atoms with E-state index in [1.54, 1.807) is 48.5 Å².